The molecule has 2 rings (SSSR count). The predicted molar refractivity (Wildman–Crippen MR) is 82.5 cm³/mol. The maximum absolute atomic E-state index is 12.1. The zero-order valence-electron chi connectivity index (χ0n) is 12.4. The Bertz CT molecular complexity index is 453. The minimum Gasteiger partial charge on any atom is -0.335 e. The largest absolute Gasteiger partial charge is 0.335 e. The van der Waals surface area contributed by atoms with Crippen LogP contribution in [0.25, 0.3) is 0 Å². The van der Waals surface area contributed by atoms with Crippen molar-refractivity contribution in [3.63, 3.8) is 0 Å². The Morgan fingerprint density at radius 3 is 2.60 bits per heavy atom. The van der Waals surface area contributed by atoms with Crippen LogP contribution in [0.2, 0.25) is 0 Å². The second-order valence-electron chi connectivity index (χ2n) is 6.29. The Morgan fingerprint density at radius 2 is 2.00 bits per heavy atom. The molecule has 1 aliphatic carbocycles. The fraction of sp³-hybridized carbons (Fsp3) is 0.562. The van der Waals surface area contributed by atoms with Gasteiger partial charge in [0, 0.05) is 18.3 Å². The van der Waals surface area contributed by atoms with Crippen LogP contribution < -0.4 is 16.4 Å². The Balaban J connectivity index is 1.91. The van der Waals surface area contributed by atoms with E-state index in [0.29, 0.717) is 6.54 Å². The average molecular weight is 275 g/mol. The number of anilines is 1. The summed E-state index contributed by atoms with van der Waals surface area (Å²) in [4.78, 5) is 12.1. The molecule has 1 aliphatic rings. The predicted octanol–water partition coefficient (Wildman–Crippen LogP) is 3.24. The van der Waals surface area contributed by atoms with E-state index in [1.54, 1.807) is 0 Å². The maximum Gasteiger partial charge on any atom is 0.319 e. The molecule has 0 heterocycles. The van der Waals surface area contributed by atoms with Crippen LogP contribution in [0.15, 0.2) is 24.3 Å². The minimum absolute atomic E-state index is 0.120. The van der Waals surface area contributed by atoms with E-state index in [1.807, 2.05) is 24.3 Å². The first kappa shape index (κ1) is 14.9. The van der Waals surface area contributed by atoms with Crippen LogP contribution >= 0.6 is 0 Å². The fourth-order valence-corrected chi connectivity index (χ4v) is 2.81. The summed E-state index contributed by atoms with van der Waals surface area (Å²) in [5, 5.41) is 6.00. The topological polar surface area (TPSA) is 67.2 Å². The molecule has 1 fully saturated rings. The fourth-order valence-electron chi connectivity index (χ4n) is 2.81. The molecule has 0 aromatic heterocycles. The molecule has 1 saturated carbocycles. The van der Waals surface area contributed by atoms with E-state index in [-0.39, 0.29) is 17.5 Å². The summed E-state index contributed by atoms with van der Waals surface area (Å²) in [6.45, 7) is 4.98. The molecule has 2 amide bonds. The first-order valence-corrected chi connectivity index (χ1v) is 7.38. The van der Waals surface area contributed by atoms with Gasteiger partial charge < -0.3 is 16.4 Å². The van der Waals surface area contributed by atoms with E-state index in [0.717, 1.165) is 17.7 Å². The molecule has 1 atom stereocenters. The van der Waals surface area contributed by atoms with Gasteiger partial charge in [0.2, 0.25) is 0 Å². The summed E-state index contributed by atoms with van der Waals surface area (Å²) in [6.07, 6.45) is 4.68. The monoisotopic (exact) mass is 275 g/mol. The van der Waals surface area contributed by atoms with Crippen molar-refractivity contribution in [3.05, 3.63) is 29.8 Å². The average Bonchev–Trinajstić information content (AvgIpc) is 2.42. The highest BCUT2D eigenvalue weighted by atomic mass is 16.2. The second-order valence-corrected chi connectivity index (χ2v) is 6.29. The van der Waals surface area contributed by atoms with Gasteiger partial charge in [-0.2, -0.15) is 0 Å². The van der Waals surface area contributed by atoms with E-state index >= 15 is 0 Å². The van der Waals surface area contributed by atoms with Gasteiger partial charge in [0.1, 0.15) is 0 Å². The van der Waals surface area contributed by atoms with Crippen LogP contribution in [0.4, 0.5) is 10.5 Å². The molecule has 1 aromatic carbocycles. The van der Waals surface area contributed by atoms with Gasteiger partial charge in [0.25, 0.3) is 0 Å². The molecular formula is C16H25N3O. The lowest BCUT2D eigenvalue weighted by Crippen LogP contribution is -2.48. The van der Waals surface area contributed by atoms with E-state index < -0.39 is 0 Å². The molecule has 1 aromatic rings. The van der Waals surface area contributed by atoms with E-state index in [4.69, 9.17) is 5.73 Å². The van der Waals surface area contributed by atoms with Crippen molar-refractivity contribution >= 4 is 11.7 Å². The van der Waals surface area contributed by atoms with Crippen molar-refractivity contribution in [2.24, 2.45) is 11.1 Å². The lowest BCUT2D eigenvalue weighted by atomic mass is 9.73. The Kier molecular flexibility index (Phi) is 4.65. The molecule has 4 N–H and O–H groups in total. The van der Waals surface area contributed by atoms with E-state index in [2.05, 4.69) is 24.5 Å². The van der Waals surface area contributed by atoms with E-state index in [1.165, 1.54) is 19.3 Å². The summed E-state index contributed by atoms with van der Waals surface area (Å²) < 4.78 is 0. The molecule has 20 heavy (non-hydrogen) atoms. The normalized spacial score (nSPS) is 21.2. The number of nitrogens with one attached hydrogen (secondary N) is 2. The highest BCUT2D eigenvalue weighted by Crippen LogP contribution is 2.35. The number of hydrogen-bond donors (Lipinski definition) is 3. The van der Waals surface area contributed by atoms with Crippen molar-refractivity contribution in [1.29, 1.82) is 0 Å². The molecule has 0 bridgehead atoms. The van der Waals surface area contributed by atoms with Gasteiger partial charge in [-0.3, -0.25) is 0 Å². The smallest absolute Gasteiger partial charge is 0.319 e. The van der Waals surface area contributed by atoms with Gasteiger partial charge in [-0.1, -0.05) is 38.8 Å². The number of rotatable bonds is 3. The number of hydrogen-bond acceptors (Lipinski definition) is 2. The molecule has 110 valence electrons. The van der Waals surface area contributed by atoms with Crippen LogP contribution in [-0.4, -0.2) is 12.1 Å². The highest BCUT2D eigenvalue weighted by Gasteiger charge is 2.33. The van der Waals surface area contributed by atoms with Gasteiger partial charge in [-0.05, 0) is 36.0 Å². The maximum atomic E-state index is 12.1. The lowest BCUT2D eigenvalue weighted by molar-refractivity contribution is 0.170. The number of carbonyl (C=O) groups is 1. The molecule has 0 spiro atoms. The Labute approximate surface area is 121 Å². The van der Waals surface area contributed by atoms with Gasteiger partial charge in [0.05, 0.1) is 0 Å². The van der Waals surface area contributed by atoms with Crippen LogP contribution in [0, 0.1) is 5.41 Å². The lowest BCUT2D eigenvalue weighted by Gasteiger charge is -2.38. The van der Waals surface area contributed by atoms with Crippen LogP contribution in [0.1, 0.15) is 45.1 Å². The van der Waals surface area contributed by atoms with Crippen molar-refractivity contribution in [2.45, 2.75) is 52.1 Å². The molecule has 1 unspecified atom stereocenters. The number of amides is 2. The zero-order chi connectivity index (χ0) is 14.6. The van der Waals surface area contributed by atoms with Gasteiger partial charge in [-0.15, -0.1) is 0 Å². The third kappa shape index (κ3) is 3.73. The number of nitrogens with two attached hydrogens (primary N) is 1. The zero-order valence-corrected chi connectivity index (χ0v) is 12.4. The number of carbonyl (C=O) groups excluding carboxylic acids is 1. The quantitative estimate of drug-likeness (QED) is 0.792. The molecular weight excluding hydrogens is 250 g/mol. The van der Waals surface area contributed by atoms with Crippen LogP contribution in [-0.2, 0) is 6.54 Å². The summed E-state index contributed by atoms with van der Waals surface area (Å²) in [7, 11) is 0. The minimum atomic E-state index is -0.120. The summed E-state index contributed by atoms with van der Waals surface area (Å²) in [5.74, 6) is 0. The van der Waals surface area contributed by atoms with Crippen molar-refractivity contribution in [1.82, 2.24) is 5.32 Å². The van der Waals surface area contributed by atoms with Crippen LogP contribution in [0.3, 0.4) is 0 Å². The van der Waals surface area contributed by atoms with Gasteiger partial charge in [-0.25, -0.2) is 4.79 Å². The third-order valence-electron chi connectivity index (χ3n) is 4.26. The summed E-state index contributed by atoms with van der Waals surface area (Å²) in [5.41, 5.74) is 7.59. The molecule has 4 nitrogen and oxygen atoms in total. The second kappa shape index (κ2) is 6.27. The molecule has 0 saturated heterocycles. The van der Waals surface area contributed by atoms with E-state index in [9.17, 15) is 4.79 Å². The standard InChI is InChI=1S/C16H25N3O/c1-16(2)10-4-3-5-14(16)19-15(20)18-13-8-6-12(11-17)7-9-13/h6-9,14H,3-5,10-11,17H2,1-2H3,(H2,18,19,20). The Hall–Kier alpha value is -1.55. The van der Waals surface area contributed by atoms with Crippen LogP contribution in [0.5, 0.6) is 0 Å². The van der Waals surface area contributed by atoms with Gasteiger partial charge in [0.15, 0.2) is 0 Å². The molecule has 4 heteroatoms. The third-order valence-corrected chi connectivity index (χ3v) is 4.26. The van der Waals surface area contributed by atoms with Crippen molar-refractivity contribution in [3.8, 4) is 0 Å². The first-order chi connectivity index (χ1) is 9.51. The SMILES string of the molecule is CC1(C)CCCCC1NC(=O)Nc1ccc(CN)cc1. The number of benzene rings is 1. The number of urea groups is 1. The summed E-state index contributed by atoms with van der Waals surface area (Å²) in [6, 6.07) is 7.76. The van der Waals surface area contributed by atoms with Crippen molar-refractivity contribution < 1.29 is 4.79 Å². The molecule has 0 radical (unpaired) electrons. The van der Waals surface area contributed by atoms with Crippen molar-refractivity contribution in [2.75, 3.05) is 5.32 Å². The highest BCUT2D eigenvalue weighted by molar-refractivity contribution is 5.89. The van der Waals surface area contributed by atoms with Gasteiger partial charge >= 0.3 is 6.03 Å². The summed E-state index contributed by atoms with van der Waals surface area (Å²) >= 11 is 0. The Morgan fingerprint density at radius 1 is 1.30 bits per heavy atom. The first-order valence-electron chi connectivity index (χ1n) is 7.38. The molecule has 0 aliphatic heterocycles.